The Morgan fingerprint density at radius 1 is 0.967 bits per heavy atom. The van der Waals surface area contributed by atoms with Gasteiger partial charge in [-0.3, -0.25) is 14.5 Å². The number of carbonyl (C=O) groups is 2. The summed E-state index contributed by atoms with van der Waals surface area (Å²) in [6.45, 7) is 3.59. The first-order chi connectivity index (χ1) is 14.5. The fourth-order valence-electron chi connectivity index (χ4n) is 4.29. The molecule has 2 aromatic rings. The summed E-state index contributed by atoms with van der Waals surface area (Å²) in [5.41, 5.74) is 1.51. The maximum Gasteiger partial charge on any atom is 0.255 e. The molecule has 5 nitrogen and oxygen atoms in total. The molecule has 2 heterocycles. The molecule has 2 fully saturated rings. The van der Waals surface area contributed by atoms with Crippen LogP contribution in [0.5, 0.6) is 0 Å². The van der Waals surface area contributed by atoms with Crippen LogP contribution in [0.15, 0.2) is 48.5 Å². The Labute approximate surface area is 181 Å². The van der Waals surface area contributed by atoms with Crippen molar-refractivity contribution >= 4 is 23.4 Å². The molecule has 0 N–H and O–H groups in total. The van der Waals surface area contributed by atoms with E-state index in [-0.39, 0.29) is 22.9 Å². The van der Waals surface area contributed by atoms with Gasteiger partial charge in [-0.15, -0.1) is 0 Å². The average molecular weight is 430 g/mol. The van der Waals surface area contributed by atoms with Gasteiger partial charge in [0.2, 0.25) is 5.91 Å². The SMILES string of the molecule is O=C(c1ccc(F)cc1Cl)N1CCN(C(=O)C2CCCN2Cc2ccccc2)CC1. The van der Waals surface area contributed by atoms with E-state index in [9.17, 15) is 14.0 Å². The second kappa shape index (κ2) is 9.14. The Morgan fingerprint density at radius 2 is 1.67 bits per heavy atom. The summed E-state index contributed by atoms with van der Waals surface area (Å²) < 4.78 is 13.3. The molecule has 2 aliphatic heterocycles. The fourth-order valence-corrected chi connectivity index (χ4v) is 4.53. The first-order valence-corrected chi connectivity index (χ1v) is 10.7. The zero-order chi connectivity index (χ0) is 21.1. The molecule has 2 aromatic carbocycles. The second-order valence-electron chi connectivity index (χ2n) is 7.86. The van der Waals surface area contributed by atoms with Gasteiger partial charge in [-0.05, 0) is 43.1 Å². The van der Waals surface area contributed by atoms with E-state index in [0.29, 0.717) is 31.7 Å². The topological polar surface area (TPSA) is 43.9 Å². The Kier molecular flexibility index (Phi) is 6.35. The summed E-state index contributed by atoms with van der Waals surface area (Å²) in [4.78, 5) is 31.7. The van der Waals surface area contributed by atoms with E-state index in [1.807, 2.05) is 23.1 Å². The summed E-state index contributed by atoms with van der Waals surface area (Å²) in [6.07, 6.45) is 1.89. The third-order valence-corrected chi connectivity index (χ3v) is 6.23. The van der Waals surface area contributed by atoms with Crippen LogP contribution in [0, 0.1) is 5.82 Å². The molecule has 0 aliphatic carbocycles. The standard InChI is InChI=1S/C23H25ClFN3O2/c24-20-15-18(25)8-9-19(20)22(29)26-11-13-27(14-12-26)23(30)21-7-4-10-28(21)16-17-5-2-1-3-6-17/h1-3,5-6,8-9,15,21H,4,7,10-14,16H2. The first kappa shape index (κ1) is 20.8. The molecule has 1 atom stereocenters. The van der Waals surface area contributed by atoms with Crippen molar-refractivity contribution in [1.29, 1.82) is 0 Å². The molecule has 2 amide bonds. The van der Waals surface area contributed by atoms with Gasteiger partial charge in [0.15, 0.2) is 0 Å². The summed E-state index contributed by atoms with van der Waals surface area (Å²) in [5.74, 6) is -0.544. The molecule has 0 bridgehead atoms. The largest absolute Gasteiger partial charge is 0.338 e. The van der Waals surface area contributed by atoms with E-state index < -0.39 is 5.82 Å². The van der Waals surface area contributed by atoms with Crippen LogP contribution < -0.4 is 0 Å². The lowest BCUT2D eigenvalue weighted by Gasteiger charge is -2.37. The number of piperazine rings is 1. The molecule has 0 aromatic heterocycles. The van der Waals surface area contributed by atoms with Crippen molar-refractivity contribution in [3.8, 4) is 0 Å². The van der Waals surface area contributed by atoms with Gasteiger partial charge in [-0.25, -0.2) is 4.39 Å². The Balaban J connectivity index is 1.35. The minimum absolute atomic E-state index is 0.0981. The van der Waals surface area contributed by atoms with Crippen molar-refractivity contribution in [2.45, 2.75) is 25.4 Å². The molecular weight excluding hydrogens is 405 g/mol. The summed E-state index contributed by atoms with van der Waals surface area (Å²) >= 11 is 6.03. The van der Waals surface area contributed by atoms with E-state index in [0.717, 1.165) is 32.0 Å². The van der Waals surface area contributed by atoms with E-state index >= 15 is 0 Å². The normalized spacial score (nSPS) is 19.9. The van der Waals surface area contributed by atoms with Gasteiger partial charge in [0.25, 0.3) is 5.91 Å². The van der Waals surface area contributed by atoms with Crippen LogP contribution in [-0.4, -0.2) is 65.3 Å². The maximum absolute atomic E-state index is 13.3. The van der Waals surface area contributed by atoms with Crippen LogP contribution in [0.3, 0.4) is 0 Å². The minimum Gasteiger partial charge on any atom is -0.338 e. The van der Waals surface area contributed by atoms with Gasteiger partial charge >= 0.3 is 0 Å². The predicted octanol–water partition coefficient (Wildman–Crippen LogP) is 3.43. The number of hydrogen-bond acceptors (Lipinski definition) is 3. The van der Waals surface area contributed by atoms with Gasteiger partial charge in [-0.2, -0.15) is 0 Å². The van der Waals surface area contributed by atoms with Crippen LogP contribution in [0.2, 0.25) is 5.02 Å². The van der Waals surface area contributed by atoms with Gasteiger partial charge < -0.3 is 9.80 Å². The minimum atomic E-state index is -0.469. The summed E-state index contributed by atoms with van der Waals surface area (Å²) in [5, 5.41) is 0.112. The molecule has 0 spiro atoms. The molecule has 30 heavy (non-hydrogen) atoms. The summed E-state index contributed by atoms with van der Waals surface area (Å²) in [7, 11) is 0. The van der Waals surface area contributed by atoms with Crippen LogP contribution in [0.25, 0.3) is 0 Å². The Hall–Kier alpha value is -2.44. The van der Waals surface area contributed by atoms with Gasteiger partial charge in [0, 0.05) is 32.7 Å². The number of carbonyl (C=O) groups excluding carboxylic acids is 2. The highest BCUT2D eigenvalue weighted by molar-refractivity contribution is 6.33. The van der Waals surface area contributed by atoms with Crippen LogP contribution >= 0.6 is 11.6 Å². The van der Waals surface area contributed by atoms with Crippen LogP contribution in [0.1, 0.15) is 28.8 Å². The van der Waals surface area contributed by atoms with Gasteiger partial charge in [0.05, 0.1) is 16.6 Å². The van der Waals surface area contributed by atoms with Crippen molar-refractivity contribution in [2.75, 3.05) is 32.7 Å². The van der Waals surface area contributed by atoms with Crippen molar-refractivity contribution in [3.63, 3.8) is 0 Å². The molecule has 158 valence electrons. The number of halogens is 2. The number of hydrogen-bond donors (Lipinski definition) is 0. The molecule has 1 unspecified atom stereocenters. The maximum atomic E-state index is 13.3. The molecule has 2 saturated heterocycles. The molecular formula is C23H25ClFN3O2. The van der Waals surface area contributed by atoms with E-state index in [1.54, 1.807) is 4.90 Å². The van der Waals surface area contributed by atoms with Crippen molar-refractivity contribution in [3.05, 3.63) is 70.5 Å². The van der Waals surface area contributed by atoms with Gasteiger partial charge in [0.1, 0.15) is 5.82 Å². The lowest BCUT2D eigenvalue weighted by molar-refractivity contribution is -0.137. The molecule has 7 heteroatoms. The quantitative estimate of drug-likeness (QED) is 0.748. The van der Waals surface area contributed by atoms with Crippen LogP contribution in [0.4, 0.5) is 4.39 Å². The van der Waals surface area contributed by atoms with Crippen molar-refractivity contribution < 1.29 is 14.0 Å². The number of amides is 2. The molecule has 2 aliphatic rings. The highest BCUT2D eigenvalue weighted by Gasteiger charge is 2.35. The monoisotopic (exact) mass is 429 g/mol. The highest BCUT2D eigenvalue weighted by atomic mass is 35.5. The number of nitrogens with zero attached hydrogens (tertiary/aromatic N) is 3. The zero-order valence-corrected chi connectivity index (χ0v) is 17.5. The molecule has 4 rings (SSSR count). The number of rotatable bonds is 4. The van der Waals surface area contributed by atoms with E-state index in [4.69, 9.17) is 11.6 Å². The Bertz CT molecular complexity index is 916. The number of likely N-dealkylation sites (tertiary alicyclic amines) is 1. The predicted molar refractivity (Wildman–Crippen MR) is 114 cm³/mol. The fraction of sp³-hybridized carbons (Fsp3) is 0.391. The lowest BCUT2D eigenvalue weighted by Crippen LogP contribution is -2.54. The second-order valence-corrected chi connectivity index (χ2v) is 8.26. The van der Waals surface area contributed by atoms with Gasteiger partial charge in [-0.1, -0.05) is 41.9 Å². The smallest absolute Gasteiger partial charge is 0.255 e. The molecule has 0 saturated carbocycles. The lowest BCUT2D eigenvalue weighted by atomic mass is 10.1. The third kappa shape index (κ3) is 4.50. The zero-order valence-electron chi connectivity index (χ0n) is 16.8. The first-order valence-electron chi connectivity index (χ1n) is 10.3. The van der Waals surface area contributed by atoms with E-state index in [1.165, 1.54) is 17.7 Å². The highest BCUT2D eigenvalue weighted by Crippen LogP contribution is 2.24. The van der Waals surface area contributed by atoms with Crippen molar-refractivity contribution in [1.82, 2.24) is 14.7 Å². The average Bonchev–Trinajstić information content (AvgIpc) is 3.22. The van der Waals surface area contributed by atoms with E-state index in [2.05, 4.69) is 17.0 Å². The third-order valence-electron chi connectivity index (χ3n) is 5.92. The Morgan fingerprint density at radius 3 is 2.37 bits per heavy atom. The number of benzene rings is 2. The van der Waals surface area contributed by atoms with Crippen LogP contribution in [-0.2, 0) is 11.3 Å². The molecule has 0 radical (unpaired) electrons. The van der Waals surface area contributed by atoms with Crippen molar-refractivity contribution in [2.24, 2.45) is 0 Å². The summed E-state index contributed by atoms with van der Waals surface area (Å²) in [6, 6.07) is 13.9.